The Labute approximate surface area is 458 Å². The Balaban J connectivity index is 0.000000410. The van der Waals surface area contributed by atoms with Gasteiger partial charge in [0.25, 0.3) is 11.8 Å². The molecule has 1 heterocycles. The molecular weight excluding hydrogens is 1030 g/mol. The van der Waals surface area contributed by atoms with Crippen LogP contribution in [0.5, 0.6) is 0 Å². The van der Waals surface area contributed by atoms with E-state index in [1.54, 1.807) is 60.7 Å². The number of carbonyl (C=O) groups excluding carboxylic acids is 4. The fourth-order valence-electron chi connectivity index (χ4n) is 8.43. The highest BCUT2D eigenvalue weighted by Gasteiger charge is 2.32. The second-order valence-electron chi connectivity index (χ2n) is 19.7. The van der Waals surface area contributed by atoms with Crippen molar-refractivity contribution in [1.82, 2.24) is 25.4 Å². The molecule has 0 aliphatic carbocycles. The second kappa shape index (κ2) is 35.7. The molecule has 428 valence electrons. The van der Waals surface area contributed by atoms with Crippen molar-refractivity contribution in [1.29, 1.82) is 0 Å². The van der Waals surface area contributed by atoms with E-state index in [0.29, 0.717) is 40.9 Å². The summed E-state index contributed by atoms with van der Waals surface area (Å²) in [6.07, 6.45) is 21.9. The number of aliphatic carboxylic acids is 2. The Bertz CT molecular complexity index is 2560. The predicted octanol–water partition coefficient (Wildman–Crippen LogP) is 11.7. The Hall–Kier alpha value is -6.63. The minimum atomic E-state index is -4.60. The van der Waals surface area contributed by atoms with E-state index in [-0.39, 0.29) is 48.5 Å². The Morgan fingerprint density at radius 1 is 0.474 bits per heavy atom. The molecule has 0 radical (unpaired) electrons. The highest BCUT2D eigenvalue weighted by atomic mass is 32.2. The SMILES string of the molecule is CCCCCCCCCCCCNC(=O)c1ccc(CN(Cc2ccc(C(F)(F)F)nc2)C(=O)C(=O)O)cc1.CCCCCCCCCCCCNC(=O)c1ccc(CN(Cc2ccc(S(C)(=O)=O)cc2)C(=O)C(=O)O)cc1. The number of sulfone groups is 1. The molecule has 0 bridgehead atoms. The number of benzene rings is 3. The Kier molecular flexibility index (Phi) is 30.1. The van der Waals surface area contributed by atoms with Crippen LogP contribution >= 0.6 is 0 Å². The van der Waals surface area contributed by atoms with Crippen LogP contribution in [0.25, 0.3) is 0 Å². The minimum Gasteiger partial charge on any atom is -0.474 e. The predicted molar refractivity (Wildman–Crippen MR) is 294 cm³/mol. The van der Waals surface area contributed by atoms with Gasteiger partial charge < -0.3 is 30.6 Å². The summed E-state index contributed by atoms with van der Waals surface area (Å²) in [7, 11) is -3.36. The summed E-state index contributed by atoms with van der Waals surface area (Å²) in [5.41, 5.74) is 1.94. The van der Waals surface area contributed by atoms with Crippen LogP contribution < -0.4 is 10.6 Å². The summed E-state index contributed by atoms with van der Waals surface area (Å²) in [4.78, 5) is 77.7. The topological polar surface area (TPSA) is 220 Å². The van der Waals surface area contributed by atoms with E-state index in [0.717, 1.165) is 66.5 Å². The number of nitrogens with zero attached hydrogens (tertiary/aromatic N) is 3. The molecule has 0 saturated heterocycles. The van der Waals surface area contributed by atoms with Gasteiger partial charge in [0.1, 0.15) is 5.69 Å². The van der Waals surface area contributed by atoms with Gasteiger partial charge in [-0.3, -0.25) is 24.2 Å². The first-order chi connectivity index (χ1) is 37.2. The number of nitrogens with one attached hydrogen (secondary N) is 2. The zero-order chi connectivity index (χ0) is 57.4. The van der Waals surface area contributed by atoms with Crippen LogP contribution in [0.15, 0.2) is 96.0 Å². The van der Waals surface area contributed by atoms with Crippen molar-refractivity contribution in [2.75, 3.05) is 19.3 Å². The number of amides is 4. The lowest BCUT2D eigenvalue weighted by Gasteiger charge is -2.21. The third kappa shape index (κ3) is 26.1. The van der Waals surface area contributed by atoms with E-state index in [2.05, 4.69) is 29.5 Å². The van der Waals surface area contributed by atoms with E-state index in [1.165, 1.54) is 108 Å². The Morgan fingerprint density at radius 2 is 0.782 bits per heavy atom. The molecule has 0 aliphatic rings. The number of unbranched alkanes of at least 4 members (excludes halogenated alkanes) is 18. The molecule has 0 saturated carbocycles. The minimum absolute atomic E-state index is 0.00370. The van der Waals surface area contributed by atoms with E-state index >= 15 is 0 Å². The third-order valence-corrected chi connectivity index (χ3v) is 14.1. The van der Waals surface area contributed by atoms with Gasteiger partial charge in [-0.05, 0) is 77.6 Å². The lowest BCUT2D eigenvalue weighted by atomic mass is 10.1. The van der Waals surface area contributed by atoms with Crippen LogP contribution in [0.3, 0.4) is 0 Å². The van der Waals surface area contributed by atoms with Crippen molar-refractivity contribution >= 4 is 45.4 Å². The number of carboxylic acids is 2. The van der Waals surface area contributed by atoms with Crippen molar-refractivity contribution < 1.29 is 60.6 Å². The second-order valence-corrected chi connectivity index (χ2v) is 21.7. The molecule has 19 heteroatoms. The molecule has 4 rings (SSSR count). The van der Waals surface area contributed by atoms with Crippen molar-refractivity contribution in [3.05, 3.63) is 130 Å². The quantitative estimate of drug-likeness (QED) is 0.0260. The maximum atomic E-state index is 12.7. The van der Waals surface area contributed by atoms with E-state index in [4.69, 9.17) is 0 Å². The molecule has 0 fully saturated rings. The molecule has 4 amide bonds. The van der Waals surface area contributed by atoms with Crippen molar-refractivity contribution in [3.63, 3.8) is 0 Å². The van der Waals surface area contributed by atoms with E-state index < -0.39 is 45.5 Å². The number of halogens is 3. The van der Waals surface area contributed by atoms with E-state index in [1.807, 2.05) is 0 Å². The van der Waals surface area contributed by atoms with Crippen LogP contribution in [0.2, 0.25) is 0 Å². The third-order valence-electron chi connectivity index (χ3n) is 13.0. The molecule has 1 aromatic heterocycles. The molecule has 0 atom stereocenters. The lowest BCUT2D eigenvalue weighted by Crippen LogP contribution is -2.35. The zero-order valence-electron chi connectivity index (χ0n) is 45.6. The summed E-state index contributed by atoms with van der Waals surface area (Å²) in [5.74, 6) is -5.91. The molecule has 4 aromatic rings. The molecule has 3 aromatic carbocycles. The number of carboxylic acid groups (broad SMARTS) is 2. The number of aromatic nitrogens is 1. The van der Waals surface area contributed by atoms with E-state index in [9.17, 15) is 60.6 Å². The number of rotatable bonds is 33. The first-order valence-corrected chi connectivity index (χ1v) is 29.2. The lowest BCUT2D eigenvalue weighted by molar-refractivity contribution is -0.156. The van der Waals surface area contributed by atoms with Crippen LogP contribution in [0.4, 0.5) is 13.2 Å². The molecular formula is C59H80F3N5O10S. The average Bonchev–Trinajstić information content (AvgIpc) is 3.41. The molecule has 4 N–H and O–H groups in total. The van der Waals surface area contributed by atoms with Crippen molar-refractivity contribution in [2.45, 2.75) is 180 Å². The van der Waals surface area contributed by atoms with Gasteiger partial charge in [0, 0.05) is 62.8 Å². The first-order valence-electron chi connectivity index (χ1n) is 27.3. The maximum absolute atomic E-state index is 12.7. The van der Waals surface area contributed by atoms with Gasteiger partial charge in [0.15, 0.2) is 9.84 Å². The van der Waals surface area contributed by atoms with Gasteiger partial charge in [0.2, 0.25) is 0 Å². The maximum Gasteiger partial charge on any atom is 0.433 e. The summed E-state index contributed by atoms with van der Waals surface area (Å²) in [5, 5.41) is 24.3. The molecule has 15 nitrogen and oxygen atoms in total. The van der Waals surface area contributed by atoms with Crippen LogP contribution in [0, 0.1) is 0 Å². The van der Waals surface area contributed by atoms with Gasteiger partial charge in [-0.25, -0.2) is 18.0 Å². The van der Waals surface area contributed by atoms with Gasteiger partial charge in [-0.15, -0.1) is 0 Å². The van der Waals surface area contributed by atoms with Gasteiger partial charge in [0.05, 0.1) is 4.90 Å². The van der Waals surface area contributed by atoms with Crippen molar-refractivity contribution in [2.24, 2.45) is 0 Å². The number of pyridine rings is 1. The number of hydrogen-bond donors (Lipinski definition) is 4. The first kappa shape index (κ1) is 65.7. The van der Waals surface area contributed by atoms with Crippen LogP contribution in [0.1, 0.15) is 191 Å². The zero-order valence-corrected chi connectivity index (χ0v) is 46.4. The number of carbonyl (C=O) groups is 6. The number of alkyl halides is 3. The van der Waals surface area contributed by atoms with Crippen molar-refractivity contribution in [3.8, 4) is 0 Å². The fraction of sp³-hybridized carbons (Fsp3) is 0.508. The highest BCUT2D eigenvalue weighted by Crippen LogP contribution is 2.27. The summed E-state index contributed by atoms with van der Waals surface area (Å²) in [6.45, 7) is 5.33. The van der Waals surface area contributed by atoms with Gasteiger partial charge in [-0.1, -0.05) is 172 Å². The van der Waals surface area contributed by atoms with Crippen LogP contribution in [-0.4, -0.2) is 88.3 Å². The largest absolute Gasteiger partial charge is 0.474 e. The van der Waals surface area contributed by atoms with Gasteiger partial charge >= 0.3 is 29.9 Å². The highest BCUT2D eigenvalue weighted by molar-refractivity contribution is 7.90. The summed E-state index contributed by atoms with van der Waals surface area (Å²) >= 11 is 0. The number of hydrogen-bond acceptors (Lipinski definition) is 9. The molecule has 0 aliphatic heterocycles. The average molecular weight is 1110 g/mol. The monoisotopic (exact) mass is 1110 g/mol. The fourth-order valence-corrected chi connectivity index (χ4v) is 9.07. The van der Waals surface area contributed by atoms with Gasteiger partial charge in [-0.2, -0.15) is 13.2 Å². The standard InChI is InChI=1S/C30H42N2O6S.C29H38F3N3O4/c1-3-4-5-6-7-8-9-10-11-12-21-31-28(33)26-17-13-24(14-18-26)22-32(29(34)30(35)36)23-25-15-19-27(20-16-25)39(2,37)38;1-2-3-4-5-6-7-8-9-10-11-18-33-26(36)24-15-12-22(13-16-24)20-35(27(37)28(38)39)21-23-14-17-25(34-19-23)29(30,31)32/h13-20H,3-12,21-23H2,1-2H3,(H,31,33)(H,35,36);12-17,19H,2-11,18,20-21H2,1H3,(H,33,36)(H,38,39). The van der Waals surface area contributed by atoms with Crippen LogP contribution in [-0.2, 0) is 61.4 Å². The summed E-state index contributed by atoms with van der Waals surface area (Å²) < 4.78 is 61.6. The molecule has 78 heavy (non-hydrogen) atoms. The normalized spacial score (nSPS) is 11.3. The Morgan fingerprint density at radius 3 is 1.08 bits per heavy atom. The molecule has 0 unspecified atom stereocenters. The molecule has 0 spiro atoms. The summed E-state index contributed by atoms with van der Waals surface area (Å²) in [6, 6.07) is 21.0. The smallest absolute Gasteiger partial charge is 0.433 e.